The Balaban J connectivity index is 0.845. The highest BCUT2D eigenvalue weighted by atomic mass is 32.2. The van der Waals surface area contributed by atoms with Gasteiger partial charge >= 0.3 is 0 Å². The molecule has 4 aliphatic heterocycles. The molecular weight excluding hydrogens is 1460 g/mol. The smallest absolute Gasteiger partial charge is 0.252 e. The van der Waals surface area contributed by atoms with Crippen molar-refractivity contribution in [2.24, 2.45) is 0 Å². The third-order valence-corrected chi connectivity index (χ3v) is 27.0. The van der Waals surface area contributed by atoms with Crippen molar-refractivity contribution in [1.29, 1.82) is 0 Å². The fourth-order valence-electron chi connectivity index (χ4n) is 20.4. The molecule has 0 N–H and O–H groups in total. The second-order valence-electron chi connectivity index (χ2n) is 34.6. The second kappa shape index (κ2) is 26.3. The van der Waals surface area contributed by atoms with Gasteiger partial charge in [0.25, 0.3) is 6.71 Å². The van der Waals surface area contributed by atoms with E-state index in [0.29, 0.717) is 0 Å². The summed E-state index contributed by atoms with van der Waals surface area (Å²) in [6.07, 6.45) is 0. The van der Waals surface area contributed by atoms with E-state index in [9.17, 15) is 0 Å². The molecule has 4 aliphatic rings. The molecule has 24 rings (SSSR count). The lowest BCUT2D eigenvalue weighted by atomic mass is 9.31. The van der Waals surface area contributed by atoms with E-state index in [1.165, 1.54) is 92.0 Å². The van der Waals surface area contributed by atoms with Gasteiger partial charge in [-0.05, 0) is 163 Å². The van der Waals surface area contributed by atoms with E-state index >= 15 is 0 Å². The van der Waals surface area contributed by atoms with Gasteiger partial charge in [-0.3, -0.25) is 0 Å². The minimum absolute atomic E-state index is 0.241. The number of rotatable bonds is 9. The molecule has 3 aromatic heterocycles. The first kappa shape index (κ1) is 69.3. The maximum Gasteiger partial charge on any atom is 0.252 e. The highest BCUT2D eigenvalue weighted by Gasteiger charge is 2.50. The average Bonchev–Trinajstić information content (AvgIpc) is 1.24. The van der Waals surface area contributed by atoms with Crippen LogP contribution in [0.25, 0.3) is 121 Å². The van der Waals surface area contributed by atoms with E-state index in [-0.39, 0.29) is 24.3 Å². The summed E-state index contributed by atoms with van der Waals surface area (Å²) in [5.74, 6) is 0. The third-order valence-electron chi connectivity index (χ3n) is 25.8. The molecule has 119 heavy (non-hydrogen) atoms. The number of benzene rings is 17. The van der Waals surface area contributed by atoms with Gasteiger partial charge < -0.3 is 28.3 Å². The summed E-state index contributed by atoms with van der Waals surface area (Å²) in [6.45, 7) is 13.8. The van der Waals surface area contributed by atoms with Crippen molar-refractivity contribution in [2.75, 3.05) is 14.7 Å². The van der Waals surface area contributed by atoms with Crippen molar-refractivity contribution < 1.29 is 4.42 Å². The molecule has 0 amide bonds. The van der Waals surface area contributed by atoms with Gasteiger partial charge in [0.15, 0.2) is 5.58 Å². The van der Waals surface area contributed by atoms with Gasteiger partial charge in [-0.25, -0.2) is 0 Å². The van der Waals surface area contributed by atoms with Gasteiger partial charge in [0.2, 0.25) is 6.71 Å². The summed E-state index contributed by atoms with van der Waals surface area (Å²) >= 11 is 1.95. The second-order valence-corrected chi connectivity index (χ2v) is 35.7. The monoisotopic (exact) mass is 1540 g/mol. The molecule has 0 unspecified atom stereocenters. The summed E-state index contributed by atoms with van der Waals surface area (Å²) < 4.78 is 12.3. The van der Waals surface area contributed by atoms with Crippen LogP contribution in [0, 0.1) is 0 Å². The Bertz CT molecular complexity index is 7420. The molecule has 0 bridgehead atoms. The molecule has 7 heterocycles. The number of hydrogen-bond acceptors (Lipinski definition) is 5. The Morgan fingerprint density at radius 2 is 0.630 bits per heavy atom. The van der Waals surface area contributed by atoms with E-state index in [2.05, 4.69) is 435 Å². The van der Waals surface area contributed by atoms with Crippen LogP contribution in [0.1, 0.15) is 52.7 Å². The quantitative estimate of drug-likeness (QED) is 0.135. The van der Waals surface area contributed by atoms with Crippen molar-refractivity contribution in [3.8, 4) is 55.9 Å². The summed E-state index contributed by atoms with van der Waals surface area (Å²) in [4.78, 5) is 10.5. The molecule has 0 atom stereocenters. The highest BCUT2D eigenvalue weighted by molar-refractivity contribution is 8.00. The first-order chi connectivity index (χ1) is 58.3. The van der Waals surface area contributed by atoms with Crippen molar-refractivity contribution >= 4 is 175 Å². The van der Waals surface area contributed by atoms with Gasteiger partial charge in [0, 0.05) is 110 Å². The molecule has 17 aromatic carbocycles. The molecule has 20 aromatic rings. The molecule has 0 aliphatic carbocycles. The van der Waals surface area contributed by atoms with E-state index in [0.717, 1.165) is 134 Å². The van der Waals surface area contributed by atoms with E-state index in [4.69, 9.17) is 4.42 Å². The summed E-state index contributed by atoms with van der Waals surface area (Å²) in [5, 5.41) is 7.05. The van der Waals surface area contributed by atoms with Gasteiger partial charge in [-0.2, -0.15) is 0 Å². The Kier molecular flexibility index (Phi) is 15.3. The van der Waals surface area contributed by atoms with Crippen LogP contribution >= 0.6 is 11.8 Å². The zero-order valence-electron chi connectivity index (χ0n) is 66.9. The SMILES string of the molecule is CC(C)(C)c1cc2c3c(c1)N(c1c(-c4ccccc4)cccc1-c1ccccc1)c1cc(-n4c5ccccc5c5ccccc54)ccc1B3c1cc3c(cc1S2)N(c1c(-c2ccccc2)cccc1-c1ccccc1)c1cc(C(C)(C)C)cc2c1B3c1ccc(-n3c4ccccc4c4ccccc43)cc1N2c1cccc2c1oc1ccccc12. The maximum absolute atomic E-state index is 7.34. The molecule has 0 saturated carbocycles. The summed E-state index contributed by atoms with van der Waals surface area (Å²) in [5.41, 5.74) is 37.2. The number of fused-ring (bicyclic) bond motifs is 17. The van der Waals surface area contributed by atoms with Crippen LogP contribution in [0.3, 0.4) is 0 Å². The van der Waals surface area contributed by atoms with Crippen LogP contribution in [-0.2, 0) is 10.8 Å². The minimum atomic E-state index is -0.332. The number of para-hydroxylation sites is 8. The van der Waals surface area contributed by atoms with Crippen LogP contribution in [0.2, 0.25) is 0 Å². The highest BCUT2D eigenvalue weighted by Crippen LogP contribution is 2.56. The first-order valence-electron chi connectivity index (χ1n) is 41.6. The Hall–Kier alpha value is -14.0. The molecule has 6 nitrogen and oxygen atoms in total. The normalized spacial score (nSPS) is 13.3. The van der Waals surface area contributed by atoms with Crippen molar-refractivity contribution in [3.63, 3.8) is 0 Å². The Labute approximate surface area is 697 Å². The fraction of sp³-hybridized carbons (Fsp3) is 0.0727. The molecule has 562 valence electrons. The Morgan fingerprint density at radius 3 is 1.09 bits per heavy atom. The number of aromatic nitrogens is 2. The zero-order chi connectivity index (χ0) is 79.3. The number of anilines is 9. The third kappa shape index (κ3) is 10.5. The van der Waals surface area contributed by atoms with Crippen LogP contribution < -0.4 is 47.5 Å². The Morgan fingerprint density at radius 1 is 0.261 bits per heavy atom. The van der Waals surface area contributed by atoms with E-state index < -0.39 is 0 Å². The predicted molar refractivity (Wildman–Crippen MR) is 505 cm³/mol. The van der Waals surface area contributed by atoms with Gasteiger partial charge in [-0.15, -0.1) is 0 Å². The lowest BCUT2D eigenvalue weighted by Crippen LogP contribution is -2.64. The summed E-state index contributed by atoms with van der Waals surface area (Å²) in [6, 6.07) is 140. The molecule has 9 heteroatoms. The summed E-state index contributed by atoms with van der Waals surface area (Å²) in [7, 11) is 0. The van der Waals surface area contributed by atoms with E-state index in [1.807, 2.05) is 11.8 Å². The van der Waals surface area contributed by atoms with Gasteiger partial charge in [0.05, 0.1) is 39.1 Å². The van der Waals surface area contributed by atoms with Crippen molar-refractivity contribution in [2.45, 2.75) is 62.2 Å². The topological polar surface area (TPSA) is 32.7 Å². The number of nitrogens with zero attached hydrogens (tertiary/aromatic N) is 5. The van der Waals surface area contributed by atoms with Crippen LogP contribution in [0.15, 0.2) is 384 Å². The fourth-order valence-corrected chi connectivity index (χ4v) is 21.6. The van der Waals surface area contributed by atoms with Gasteiger partial charge in [-0.1, -0.05) is 338 Å². The van der Waals surface area contributed by atoms with Gasteiger partial charge in [0.1, 0.15) is 5.58 Å². The molecule has 0 spiro atoms. The van der Waals surface area contributed by atoms with E-state index in [1.54, 1.807) is 0 Å². The standard InChI is InChI=1S/C110H79B2N5OS/c1-109(2,3)72-60-98-104-99(61-72)117(107-78(70-36-15-9-16-37-70)47-30-48-79(107)71-38-17-10-18-39-71)97-67-102-89(66-88(97)111(104)86-58-56-74(113-90-50-24-19-40-80(90)81-41-20-25-51-91(81)113)64-95(86)115(98)94-54-31-49-85-84-44-23-28-55-101(84)118-108(85)94)112-87-59-57-75(114-92-52-26-21-42-82(92)83-43-22-27-53-93(83)114)65-96(87)116(100-62-73(110(4,5)6)63-103(119-102)105(100)112)106-76(68-32-11-7-12-33-68)45-29-46-77(106)69-34-13-8-14-35-69/h7-67H,1-6H3. The van der Waals surface area contributed by atoms with Crippen molar-refractivity contribution in [3.05, 3.63) is 381 Å². The molecule has 0 saturated heterocycles. The molecule has 0 radical (unpaired) electrons. The number of furan rings is 1. The predicted octanol–water partition coefficient (Wildman–Crippen LogP) is 25.9. The molecule has 0 fully saturated rings. The zero-order valence-corrected chi connectivity index (χ0v) is 67.7. The van der Waals surface area contributed by atoms with Crippen LogP contribution in [0.4, 0.5) is 51.2 Å². The van der Waals surface area contributed by atoms with Crippen LogP contribution in [0.5, 0.6) is 0 Å². The first-order valence-corrected chi connectivity index (χ1v) is 42.4. The maximum atomic E-state index is 7.34. The lowest BCUT2D eigenvalue weighted by molar-refractivity contribution is 0.589. The van der Waals surface area contributed by atoms with Crippen LogP contribution in [-0.4, -0.2) is 22.6 Å². The minimum Gasteiger partial charge on any atom is -0.454 e. The molecular formula is C110H79B2N5OS. The largest absolute Gasteiger partial charge is 0.454 e. The average molecular weight is 1540 g/mol. The lowest BCUT2D eigenvalue weighted by Gasteiger charge is -2.47. The van der Waals surface area contributed by atoms with Crippen molar-refractivity contribution in [1.82, 2.24) is 9.13 Å². The number of hydrogen-bond donors (Lipinski definition) is 0.